The molecule has 3 aliphatic heterocycles. The molecule has 7 heterocycles. The van der Waals surface area contributed by atoms with E-state index in [-0.39, 0.29) is 44.5 Å². The van der Waals surface area contributed by atoms with Gasteiger partial charge in [0.1, 0.15) is 36.3 Å². The number of piperidine rings is 1. The molecule has 0 unspecified atom stereocenters. The van der Waals surface area contributed by atoms with Gasteiger partial charge in [-0.25, -0.2) is 24.5 Å². The average Bonchev–Trinajstić information content (AvgIpc) is 2.74. The molecule has 1 aromatic carbocycles. The van der Waals surface area contributed by atoms with Gasteiger partial charge in [-0.1, -0.05) is 50.1 Å². The minimum Gasteiger partial charge on any atom is -0.475 e. The van der Waals surface area contributed by atoms with E-state index in [1.165, 1.54) is 23.3 Å². The molecule has 476 valence electrons. The Bertz CT molecular complexity index is 2880. The number of pyridine rings is 1. The van der Waals surface area contributed by atoms with Crippen LogP contribution < -0.4 is 25.2 Å². The highest BCUT2D eigenvalue weighted by atomic mass is 16.6. The number of nitrogens with zero attached hydrogens (tertiary/aromatic N) is 10. The molecule has 3 N–H and O–H groups in total. The Hall–Kier alpha value is -6.51. The van der Waals surface area contributed by atoms with Crippen LogP contribution in [0.15, 0.2) is 61.1 Å². The van der Waals surface area contributed by atoms with Gasteiger partial charge in [0, 0.05) is 88.0 Å². The van der Waals surface area contributed by atoms with E-state index in [1.807, 2.05) is 48.5 Å². The maximum Gasteiger partial charge on any atom is 0.415 e. The largest absolute Gasteiger partial charge is 0.475 e. The number of amides is 2. The van der Waals surface area contributed by atoms with Crippen LogP contribution in [-0.2, 0) is 57.5 Å². The molecular formula is C63H92N12O12. The number of aromatic nitrogens is 6. The SMILES string of the molecule is CCc1cnn2c(NCc3ccc(OCCOCCOCCOCCOCCOCCOCCN4C(=O)OCc5cnc(N[C@@H](C)c6ccc([C@H](CC7CC7)N7CCN(C(=O)OC(C)(C)C)CC7)cc6)nc54)nc3)cc(N3CCCC[C@H]3CCO)nc12. The van der Waals surface area contributed by atoms with Gasteiger partial charge in [-0.3, -0.25) is 9.80 Å². The van der Waals surface area contributed by atoms with Crippen molar-refractivity contribution in [1.82, 2.24) is 39.3 Å². The van der Waals surface area contributed by atoms with E-state index in [9.17, 15) is 14.7 Å². The summed E-state index contributed by atoms with van der Waals surface area (Å²) in [6, 6.07) is 15.2. The highest BCUT2D eigenvalue weighted by molar-refractivity contribution is 5.89. The van der Waals surface area contributed by atoms with Crippen LogP contribution in [0.25, 0.3) is 5.65 Å². The molecule has 0 bridgehead atoms. The number of benzene rings is 1. The zero-order valence-corrected chi connectivity index (χ0v) is 51.7. The molecule has 4 aromatic heterocycles. The summed E-state index contributed by atoms with van der Waals surface area (Å²) in [4.78, 5) is 52.7. The standard InChI is InChI=1S/C63H92N12O12/c1-6-49-44-67-75-55(40-56(69-59(49)75)73-19-8-7-9-53(73)18-25-76)64-41-48-12-17-57(65-42-48)85-38-37-84-36-35-83-34-33-82-32-31-81-30-29-80-28-27-79-26-24-74-58-52(45-86-62(74)78)43-66-60(70-58)68-46(2)50-13-15-51(16-14-50)54(39-47-10-11-47)71-20-22-72(23-21-71)61(77)87-63(3,4)5/h12-17,40,42-44,46-47,53-54,64,76H,6-11,18-39,41,45H2,1-5H3,(H,66,68,70)/t46-,53-,54-/m0/s1. The number of hydrogen-bond donors (Lipinski definition) is 3. The van der Waals surface area contributed by atoms with Crippen molar-refractivity contribution in [1.29, 1.82) is 0 Å². The summed E-state index contributed by atoms with van der Waals surface area (Å²) in [7, 11) is 0. The average molecular weight is 1210 g/mol. The fourth-order valence-electron chi connectivity index (χ4n) is 10.9. The van der Waals surface area contributed by atoms with Gasteiger partial charge in [0.15, 0.2) is 5.65 Å². The lowest BCUT2D eigenvalue weighted by atomic mass is 9.96. The van der Waals surface area contributed by atoms with Gasteiger partial charge in [0.2, 0.25) is 11.8 Å². The van der Waals surface area contributed by atoms with Crippen LogP contribution >= 0.6 is 0 Å². The van der Waals surface area contributed by atoms with Crippen molar-refractivity contribution < 1.29 is 57.3 Å². The van der Waals surface area contributed by atoms with Gasteiger partial charge in [0.05, 0.1) is 104 Å². The predicted octanol–water partition coefficient (Wildman–Crippen LogP) is 8.03. The highest BCUT2D eigenvalue weighted by Gasteiger charge is 2.34. The van der Waals surface area contributed by atoms with Gasteiger partial charge in [-0.05, 0) is 88.8 Å². The molecule has 24 heteroatoms. The zero-order valence-electron chi connectivity index (χ0n) is 51.7. The number of aliphatic hydroxyl groups is 1. The van der Waals surface area contributed by atoms with E-state index in [2.05, 4.69) is 79.7 Å². The first kappa shape index (κ1) is 64.9. The quantitative estimate of drug-likeness (QED) is 0.0321. The molecule has 5 aromatic rings. The molecule has 1 aliphatic carbocycles. The Balaban J connectivity index is 0.569. The van der Waals surface area contributed by atoms with Crippen molar-refractivity contribution in [3.05, 3.63) is 88.9 Å². The van der Waals surface area contributed by atoms with E-state index in [0.717, 1.165) is 104 Å². The number of carbonyl (C=O) groups is 2. The van der Waals surface area contributed by atoms with Crippen molar-refractivity contribution >= 4 is 41.2 Å². The van der Waals surface area contributed by atoms with Crippen molar-refractivity contribution in [2.75, 3.05) is 152 Å². The van der Waals surface area contributed by atoms with E-state index < -0.39 is 11.7 Å². The lowest BCUT2D eigenvalue weighted by Gasteiger charge is -2.40. The molecule has 87 heavy (non-hydrogen) atoms. The summed E-state index contributed by atoms with van der Waals surface area (Å²) >= 11 is 0. The minimum absolute atomic E-state index is 0.101. The summed E-state index contributed by atoms with van der Waals surface area (Å²) in [5.74, 6) is 3.96. The molecule has 0 spiro atoms. The third-order valence-electron chi connectivity index (χ3n) is 15.9. The molecular weight excluding hydrogens is 1120 g/mol. The van der Waals surface area contributed by atoms with Crippen molar-refractivity contribution in [3.63, 3.8) is 0 Å². The molecule has 1 saturated carbocycles. The second-order valence-corrected chi connectivity index (χ2v) is 23.5. The summed E-state index contributed by atoms with van der Waals surface area (Å²) in [6.07, 6.45) is 13.2. The van der Waals surface area contributed by atoms with E-state index >= 15 is 0 Å². The van der Waals surface area contributed by atoms with E-state index in [4.69, 9.17) is 52.6 Å². The number of aryl methyl sites for hydroxylation is 1. The first-order chi connectivity index (χ1) is 42.4. The smallest absolute Gasteiger partial charge is 0.415 e. The van der Waals surface area contributed by atoms with Gasteiger partial charge >= 0.3 is 12.2 Å². The van der Waals surface area contributed by atoms with Crippen LogP contribution in [0.1, 0.15) is 119 Å². The van der Waals surface area contributed by atoms with Crippen molar-refractivity contribution in [3.8, 4) is 5.88 Å². The van der Waals surface area contributed by atoms with Crippen LogP contribution in [0.3, 0.4) is 0 Å². The first-order valence-corrected chi connectivity index (χ1v) is 31.3. The molecule has 24 nitrogen and oxygen atoms in total. The number of hydrogen-bond acceptors (Lipinski definition) is 21. The second-order valence-electron chi connectivity index (χ2n) is 23.5. The van der Waals surface area contributed by atoms with Crippen LogP contribution in [-0.4, -0.2) is 200 Å². The normalized spacial score (nSPS) is 17.3. The maximum absolute atomic E-state index is 12.9. The van der Waals surface area contributed by atoms with E-state index in [1.54, 1.807) is 12.4 Å². The number of cyclic esters (lactones) is 1. The van der Waals surface area contributed by atoms with E-state index in [0.29, 0.717) is 123 Å². The number of ether oxygens (including phenoxy) is 9. The van der Waals surface area contributed by atoms with Crippen LogP contribution in [0, 0.1) is 5.92 Å². The Morgan fingerprint density at radius 2 is 1.44 bits per heavy atom. The molecule has 2 amide bonds. The summed E-state index contributed by atoms with van der Waals surface area (Å²) in [6.45, 7) is 20.1. The third kappa shape index (κ3) is 19.7. The third-order valence-corrected chi connectivity index (χ3v) is 15.9. The number of piperazine rings is 1. The summed E-state index contributed by atoms with van der Waals surface area (Å²) < 4.78 is 52.8. The molecule has 9 rings (SSSR count). The fraction of sp³-hybridized carbons (Fsp3) is 0.635. The number of aliphatic hydroxyl groups excluding tert-OH is 1. The number of anilines is 4. The fourth-order valence-corrected chi connectivity index (χ4v) is 10.9. The van der Waals surface area contributed by atoms with Gasteiger partial charge < -0.3 is 68.2 Å². The Morgan fingerprint density at radius 3 is 2.07 bits per heavy atom. The number of fused-ring (bicyclic) bond motifs is 2. The van der Waals surface area contributed by atoms with Crippen LogP contribution in [0.4, 0.5) is 33.0 Å². The Labute approximate surface area is 511 Å². The molecule has 3 fully saturated rings. The topological polar surface area (TPSA) is 243 Å². The zero-order chi connectivity index (χ0) is 60.8. The number of carbonyl (C=O) groups excluding carboxylic acids is 2. The predicted molar refractivity (Wildman–Crippen MR) is 329 cm³/mol. The maximum atomic E-state index is 12.9. The lowest BCUT2D eigenvalue weighted by Crippen LogP contribution is -2.50. The van der Waals surface area contributed by atoms with Gasteiger partial charge in [-0.15, -0.1) is 0 Å². The van der Waals surface area contributed by atoms with Gasteiger partial charge in [-0.2, -0.15) is 14.6 Å². The van der Waals surface area contributed by atoms with Crippen LogP contribution in [0.2, 0.25) is 0 Å². The molecule has 4 aliphatic rings. The van der Waals surface area contributed by atoms with Crippen molar-refractivity contribution in [2.45, 2.75) is 123 Å². The second kappa shape index (κ2) is 33.2. The number of rotatable bonds is 36. The van der Waals surface area contributed by atoms with Crippen LogP contribution in [0.5, 0.6) is 5.88 Å². The lowest BCUT2D eigenvalue weighted by molar-refractivity contribution is -0.0176. The monoisotopic (exact) mass is 1210 g/mol. The minimum atomic E-state index is -0.512. The van der Waals surface area contributed by atoms with Gasteiger partial charge in [0.25, 0.3) is 0 Å². The highest BCUT2D eigenvalue weighted by Crippen LogP contribution is 2.41. The first-order valence-electron chi connectivity index (χ1n) is 31.3. The summed E-state index contributed by atoms with van der Waals surface area (Å²) in [5.41, 5.74) is 5.53. The Kier molecular flexibility index (Phi) is 24.8. The Morgan fingerprint density at radius 1 is 0.770 bits per heavy atom. The molecule has 2 saturated heterocycles. The summed E-state index contributed by atoms with van der Waals surface area (Å²) in [5, 5.41) is 21.3. The van der Waals surface area contributed by atoms with Crippen molar-refractivity contribution in [2.24, 2.45) is 5.92 Å². The number of nitrogens with one attached hydrogen (secondary N) is 2. The molecule has 0 radical (unpaired) electrons. The molecule has 3 atom stereocenters.